The summed E-state index contributed by atoms with van der Waals surface area (Å²) in [5.41, 5.74) is 2.69. The maximum atomic E-state index is 12.6. The van der Waals surface area contributed by atoms with Crippen molar-refractivity contribution in [3.8, 4) is 5.75 Å². The summed E-state index contributed by atoms with van der Waals surface area (Å²) in [6.07, 6.45) is 9.70. The van der Waals surface area contributed by atoms with Crippen LogP contribution in [-0.4, -0.2) is 80.4 Å². The van der Waals surface area contributed by atoms with Crippen LogP contribution in [0.4, 0.5) is 0 Å². The predicted octanol–water partition coefficient (Wildman–Crippen LogP) is 3.50. The Morgan fingerprint density at radius 3 is 2.95 bits per heavy atom. The topological polar surface area (TPSA) is 91.2 Å². The fourth-order valence-electron chi connectivity index (χ4n) is 4.33. The van der Waals surface area contributed by atoms with E-state index in [1.54, 1.807) is 19.2 Å². The molecule has 1 aliphatic heterocycles. The van der Waals surface area contributed by atoms with Crippen LogP contribution in [0.5, 0.6) is 5.75 Å². The number of methoxy groups -OCH3 is 1. The fourth-order valence-corrected chi connectivity index (χ4v) is 5.48. The second kappa shape index (κ2) is 14.3. The Morgan fingerprint density at radius 2 is 2.05 bits per heavy atom. The number of carbonyl (C=O) groups excluding carboxylic acids is 1. The van der Waals surface area contributed by atoms with Crippen LogP contribution < -0.4 is 15.6 Å². The highest BCUT2D eigenvalue weighted by molar-refractivity contribution is 8.00. The van der Waals surface area contributed by atoms with Crippen molar-refractivity contribution in [3.63, 3.8) is 0 Å². The molecule has 1 unspecified atom stereocenters. The van der Waals surface area contributed by atoms with Crippen molar-refractivity contribution in [2.75, 3.05) is 58.9 Å². The molecule has 0 saturated carbocycles. The third-order valence-electron chi connectivity index (χ3n) is 6.23. The van der Waals surface area contributed by atoms with Gasteiger partial charge in [-0.15, -0.1) is 11.8 Å². The number of unbranched alkanes of at least 4 members (excludes halogenated alkanes) is 1. The van der Waals surface area contributed by atoms with E-state index in [4.69, 9.17) is 19.2 Å². The van der Waals surface area contributed by atoms with Gasteiger partial charge in [0.15, 0.2) is 0 Å². The zero-order chi connectivity index (χ0) is 25.9. The molecule has 37 heavy (non-hydrogen) atoms. The minimum Gasteiger partial charge on any atom is -0.494 e. The maximum absolute atomic E-state index is 12.6. The first-order valence-corrected chi connectivity index (χ1v) is 13.8. The smallest absolute Gasteiger partial charge is 0.260 e. The van der Waals surface area contributed by atoms with E-state index in [1.807, 2.05) is 23.9 Å². The van der Waals surface area contributed by atoms with Gasteiger partial charge in [0, 0.05) is 36.8 Å². The molecule has 1 aromatic heterocycles. The lowest BCUT2D eigenvalue weighted by Crippen LogP contribution is -2.29. The van der Waals surface area contributed by atoms with Gasteiger partial charge < -0.3 is 19.5 Å². The number of aromatic nitrogens is 1. The molecule has 0 bridgehead atoms. The summed E-state index contributed by atoms with van der Waals surface area (Å²) in [4.78, 5) is 29.8. The highest BCUT2D eigenvalue weighted by Gasteiger charge is 2.24. The van der Waals surface area contributed by atoms with E-state index in [2.05, 4.69) is 23.5 Å². The SMILES string of the molecule is COCCOCC(=O)n1c(=O)ccc2ccc(OCCCCNCCN=C3C=CCC4SCC=C34)cc21. The van der Waals surface area contributed by atoms with E-state index < -0.39 is 5.91 Å². The first kappa shape index (κ1) is 27.3. The van der Waals surface area contributed by atoms with Crippen LogP contribution in [0, 0.1) is 0 Å². The number of nitrogens with zero attached hydrogens (tertiary/aromatic N) is 2. The van der Waals surface area contributed by atoms with Crippen molar-refractivity contribution in [2.24, 2.45) is 4.99 Å². The van der Waals surface area contributed by atoms with Crippen LogP contribution in [-0.2, 0) is 9.47 Å². The summed E-state index contributed by atoms with van der Waals surface area (Å²) < 4.78 is 17.3. The van der Waals surface area contributed by atoms with E-state index in [0.717, 1.165) is 60.3 Å². The van der Waals surface area contributed by atoms with E-state index in [0.29, 0.717) is 29.7 Å². The van der Waals surface area contributed by atoms with E-state index in [1.165, 1.54) is 11.6 Å². The normalized spacial score (nSPS) is 17.8. The van der Waals surface area contributed by atoms with E-state index >= 15 is 0 Å². The summed E-state index contributed by atoms with van der Waals surface area (Å²) >= 11 is 2.00. The van der Waals surface area contributed by atoms with Gasteiger partial charge in [0.2, 0.25) is 0 Å². The summed E-state index contributed by atoms with van der Waals surface area (Å²) in [6.45, 7) is 3.57. The zero-order valence-corrected chi connectivity index (χ0v) is 22.1. The molecule has 8 nitrogen and oxygen atoms in total. The van der Waals surface area contributed by atoms with Crippen LogP contribution in [0.1, 0.15) is 24.1 Å². The van der Waals surface area contributed by atoms with Crippen LogP contribution in [0.25, 0.3) is 10.9 Å². The Morgan fingerprint density at radius 1 is 1.16 bits per heavy atom. The minimum absolute atomic E-state index is 0.193. The number of rotatable bonds is 14. The Labute approximate surface area is 221 Å². The van der Waals surface area contributed by atoms with Gasteiger partial charge >= 0.3 is 0 Å². The standard InChI is InChI=1S/C28H35N3O5S/c1-34-16-17-35-20-28(33)31-25-19-22(9-7-21(25)8-10-27(31)32)36-15-3-2-12-29-13-14-30-24-5-4-6-26-23(24)11-18-37-26/h4-5,7-11,19,26,29H,2-3,6,12-18,20H2,1H3. The second-order valence-corrected chi connectivity index (χ2v) is 10.1. The molecular weight excluding hydrogens is 490 g/mol. The summed E-state index contributed by atoms with van der Waals surface area (Å²) in [7, 11) is 1.56. The van der Waals surface area contributed by atoms with Crippen molar-refractivity contribution in [1.82, 2.24) is 9.88 Å². The lowest BCUT2D eigenvalue weighted by atomic mass is 9.98. The van der Waals surface area contributed by atoms with Gasteiger partial charge in [0.05, 0.1) is 37.6 Å². The van der Waals surface area contributed by atoms with Gasteiger partial charge in [-0.3, -0.25) is 14.6 Å². The quantitative estimate of drug-likeness (QED) is 0.378. The average molecular weight is 526 g/mol. The van der Waals surface area contributed by atoms with Crippen LogP contribution in [0.2, 0.25) is 0 Å². The van der Waals surface area contributed by atoms with Crippen LogP contribution >= 0.6 is 11.8 Å². The Kier molecular flexibility index (Phi) is 10.5. The first-order valence-electron chi connectivity index (χ1n) is 12.8. The van der Waals surface area contributed by atoms with Crippen molar-refractivity contribution in [3.05, 3.63) is 64.5 Å². The molecule has 1 aromatic carbocycles. The minimum atomic E-state index is -0.418. The largest absolute Gasteiger partial charge is 0.494 e. The predicted molar refractivity (Wildman–Crippen MR) is 150 cm³/mol. The van der Waals surface area contributed by atoms with Gasteiger partial charge in [-0.1, -0.05) is 12.2 Å². The molecular formula is C28H35N3O5S. The number of pyridine rings is 1. The molecule has 1 N–H and O–H groups in total. The van der Waals surface area contributed by atoms with Gasteiger partial charge in [0.25, 0.3) is 11.5 Å². The summed E-state index contributed by atoms with van der Waals surface area (Å²) in [5.74, 6) is 1.31. The molecule has 0 saturated heterocycles. The molecule has 4 rings (SSSR count). The zero-order valence-electron chi connectivity index (χ0n) is 21.3. The first-order chi connectivity index (χ1) is 18.2. The van der Waals surface area contributed by atoms with Crippen LogP contribution in [0.15, 0.2) is 63.9 Å². The van der Waals surface area contributed by atoms with Gasteiger partial charge in [-0.2, -0.15) is 0 Å². The van der Waals surface area contributed by atoms with Crippen molar-refractivity contribution >= 4 is 34.3 Å². The lowest BCUT2D eigenvalue weighted by molar-refractivity contribution is 0.0516. The maximum Gasteiger partial charge on any atom is 0.260 e. The molecule has 1 atom stereocenters. The highest BCUT2D eigenvalue weighted by Crippen LogP contribution is 2.33. The Bertz CT molecular complexity index is 1220. The average Bonchev–Trinajstić information content (AvgIpc) is 3.40. The number of nitrogens with one attached hydrogen (secondary N) is 1. The molecule has 2 aromatic rings. The number of benzene rings is 1. The van der Waals surface area contributed by atoms with Crippen LogP contribution in [0.3, 0.4) is 0 Å². The number of thioether (sulfide) groups is 1. The Balaban J connectivity index is 1.19. The number of fused-ring (bicyclic) bond motifs is 2. The molecule has 9 heteroatoms. The van der Waals surface area contributed by atoms with Gasteiger partial charge in [-0.05, 0) is 61.0 Å². The molecule has 2 heterocycles. The monoisotopic (exact) mass is 525 g/mol. The van der Waals surface area contributed by atoms with Crippen molar-refractivity contribution in [1.29, 1.82) is 0 Å². The molecule has 0 radical (unpaired) electrons. The molecule has 198 valence electrons. The van der Waals surface area contributed by atoms with E-state index in [9.17, 15) is 9.59 Å². The molecule has 1 aliphatic carbocycles. The third kappa shape index (κ3) is 7.64. The summed E-state index contributed by atoms with van der Waals surface area (Å²) in [6, 6.07) is 8.55. The number of aliphatic imine (C=N–C) groups is 1. The molecule has 0 amide bonds. The van der Waals surface area contributed by atoms with E-state index in [-0.39, 0.29) is 18.8 Å². The second-order valence-electron chi connectivity index (χ2n) is 8.86. The number of allylic oxidation sites excluding steroid dienone is 2. The van der Waals surface area contributed by atoms with Gasteiger partial charge in [0.1, 0.15) is 12.4 Å². The number of hydrogen-bond acceptors (Lipinski definition) is 8. The molecule has 0 spiro atoms. The molecule has 0 fully saturated rings. The number of hydrogen-bond donors (Lipinski definition) is 1. The molecule has 2 aliphatic rings. The Hall–Kier alpha value is -2.72. The lowest BCUT2D eigenvalue weighted by Gasteiger charge is -2.17. The van der Waals surface area contributed by atoms with Gasteiger partial charge in [-0.25, -0.2) is 4.57 Å². The number of carbonyl (C=O) groups is 1. The summed E-state index contributed by atoms with van der Waals surface area (Å²) in [5, 5.41) is 4.84. The fraction of sp³-hybridized carbons (Fsp3) is 0.464. The number of ether oxygens (including phenoxy) is 3. The highest BCUT2D eigenvalue weighted by atomic mass is 32.2. The van der Waals surface area contributed by atoms with Crippen molar-refractivity contribution in [2.45, 2.75) is 24.5 Å². The van der Waals surface area contributed by atoms with Crippen molar-refractivity contribution < 1.29 is 19.0 Å². The third-order valence-corrected chi connectivity index (χ3v) is 7.44.